The van der Waals surface area contributed by atoms with E-state index in [9.17, 15) is 14.5 Å². The standard InChI is InChI=1S/C13H10ClFN2O3/c1-20-12-6-5-8(14)7-11(12)16-10-4-2-3-9(15)13(10)17(18)19/h2-7,16H,1H3. The molecule has 20 heavy (non-hydrogen) atoms. The van der Waals surface area contributed by atoms with Gasteiger partial charge in [-0.05, 0) is 30.3 Å². The molecule has 0 saturated carbocycles. The Bertz CT molecular complexity index is 664. The van der Waals surface area contributed by atoms with Crippen molar-refractivity contribution in [3.05, 3.63) is 57.4 Å². The van der Waals surface area contributed by atoms with Crippen LogP contribution in [-0.4, -0.2) is 12.0 Å². The topological polar surface area (TPSA) is 64.4 Å². The molecule has 104 valence electrons. The normalized spacial score (nSPS) is 10.2. The number of hydrogen-bond acceptors (Lipinski definition) is 4. The molecule has 0 fully saturated rings. The summed E-state index contributed by atoms with van der Waals surface area (Å²) in [5, 5.41) is 14.1. The lowest BCUT2D eigenvalue weighted by Gasteiger charge is -2.11. The van der Waals surface area contributed by atoms with Crippen LogP contribution in [0, 0.1) is 15.9 Å². The Kier molecular flexibility index (Phi) is 4.05. The van der Waals surface area contributed by atoms with Crippen LogP contribution in [0.25, 0.3) is 0 Å². The summed E-state index contributed by atoms with van der Waals surface area (Å²) in [6, 6.07) is 8.57. The zero-order valence-corrected chi connectivity index (χ0v) is 11.1. The van der Waals surface area contributed by atoms with E-state index < -0.39 is 16.4 Å². The highest BCUT2D eigenvalue weighted by atomic mass is 35.5. The fraction of sp³-hybridized carbons (Fsp3) is 0.0769. The lowest BCUT2D eigenvalue weighted by atomic mass is 10.2. The maximum atomic E-state index is 13.5. The molecule has 0 aliphatic carbocycles. The highest BCUT2D eigenvalue weighted by molar-refractivity contribution is 6.31. The minimum atomic E-state index is -0.916. The summed E-state index contributed by atoms with van der Waals surface area (Å²) in [7, 11) is 1.45. The third-order valence-corrected chi connectivity index (χ3v) is 2.84. The lowest BCUT2D eigenvalue weighted by molar-refractivity contribution is -0.386. The van der Waals surface area contributed by atoms with Crippen LogP contribution in [0.3, 0.4) is 0 Å². The zero-order chi connectivity index (χ0) is 14.7. The Labute approximate surface area is 119 Å². The van der Waals surface area contributed by atoms with Crippen LogP contribution in [0.5, 0.6) is 5.75 Å². The quantitative estimate of drug-likeness (QED) is 0.680. The molecular weight excluding hydrogens is 287 g/mol. The number of nitrogens with one attached hydrogen (secondary N) is 1. The van der Waals surface area contributed by atoms with E-state index in [1.807, 2.05) is 0 Å². The minimum absolute atomic E-state index is 0.0237. The smallest absolute Gasteiger partial charge is 0.327 e. The van der Waals surface area contributed by atoms with Crippen molar-refractivity contribution in [3.8, 4) is 5.75 Å². The number of methoxy groups -OCH3 is 1. The third-order valence-electron chi connectivity index (χ3n) is 2.60. The van der Waals surface area contributed by atoms with Crippen molar-refractivity contribution in [1.29, 1.82) is 0 Å². The average Bonchev–Trinajstić information content (AvgIpc) is 2.38. The van der Waals surface area contributed by atoms with E-state index in [2.05, 4.69) is 5.32 Å². The molecule has 0 aromatic heterocycles. The second kappa shape index (κ2) is 5.75. The van der Waals surface area contributed by atoms with Gasteiger partial charge in [-0.15, -0.1) is 0 Å². The Balaban J connectivity index is 2.48. The number of rotatable bonds is 4. The Morgan fingerprint density at radius 3 is 2.70 bits per heavy atom. The van der Waals surface area contributed by atoms with Gasteiger partial charge in [0, 0.05) is 5.02 Å². The van der Waals surface area contributed by atoms with Crippen LogP contribution in [-0.2, 0) is 0 Å². The van der Waals surface area contributed by atoms with Gasteiger partial charge in [-0.2, -0.15) is 4.39 Å². The molecule has 0 radical (unpaired) electrons. The number of anilines is 2. The molecule has 0 aliphatic heterocycles. The predicted molar refractivity (Wildman–Crippen MR) is 74.3 cm³/mol. The van der Waals surface area contributed by atoms with Gasteiger partial charge in [-0.1, -0.05) is 17.7 Å². The second-order valence-electron chi connectivity index (χ2n) is 3.86. The highest BCUT2D eigenvalue weighted by Crippen LogP contribution is 2.35. The van der Waals surface area contributed by atoms with Crippen LogP contribution in [0.15, 0.2) is 36.4 Å². The maximum Gasteiger partial charge on any atom is 0.327 e. The van der Waals surface area contributed by atoms with E-state index in [0.717, 1.165) is 6.07 Å². The SMILES string of the molecule is COc1ccc(Cl)cc1Nc1cccc(F)c1[N+](=O)[O-]. The molecule has 0 unspecified atom stereocenters. The van der Waals surface area contributed by atoms with Crippen molar-refractivity contribution in [1.82, 2.24) is 0 Å². The van der Waals surface area contributed by atoms with Gasteiger partial charge in [-0.3, -0.25) is 10.1 Å². The fourth-order valence-electron chi connectivity index (χ4n) is 1.72. The zero-order valence-electron chi connectivity index (χ0n) is 10.4. The molecular formula is C13H10ClFN2O3. The van der Waals surface area contributed by atoms with Gasteiger partial charge >= 0.3 is 5.69 Å². The number of nitro benzene ring substituents is 1. The van der Waals surface area contributed by atoms with Crippen molar-refractivity contribution >= 4 is 28.7 Å². The summed E-state index contributed by atoms with van der Waals surface area (Å²) < 4.78 is 18.6. The Morgan fingerprint density at radius 2 is 2.05 bits per heavy atom. The summed E-state index contributed by atoms with van der Waals surface area (Å²) in [5.41, 5.74) is -0.196. The third kappa shape index (κ3) is 2.80. The first-order chi connectivity index (χ1) is 9.52. The van der Waals surface area contributed by atoms with E-state index in [1.54, 1.807) is 12.1 Å². The van der Waals surface area contributed by atoms with Crippen LogP contribution in [0.1, 0.15) is 0 Å². The summed E-state index contributed by atoms with van der Waals surface area (Å²) in [4.78, 5) is 10.1. The predicted octanol–water partition coefficient (Wildman–Crippen LogP) is 4.14. The highest BCUT2D eigenvalue weighted by Gasteiger charge is 2.20. The van der Waals surface area contributed by atoms with Crippen molar-refractivity contribution in [2.24, 2.45) is 0 Å². The Hall–Kier alpha value is -2.34. The van der Waals surface area contributed by atoms with Crippen molar-refractivity contribution in [2.45, 2.75) is 0 Å². The molecule has 2 aromatic rings. The van der Waals surface area contributed by atoms with Crippen molar-refractivity contribution in [3.63, 3.8) is 0 Å². The van der Waals surface area contributed by atoms with Gasteiger partial charge in [0.1, 0.15) is 11.4 Å². The first-order valence-corrected chi connectivity index (χ1v) is 5.94. The van der Waals surface area contributed by atoms with Crippen molar-refractivity contribution < 1.29 is 14.1 Å². The fourth-order valence-corrected chi connectivity index (χ4v) is 1.90. The first kappa shape index (κ1) is 14.1. The molecule has 0 aliphatic rings. The molecule has 0 saturated heterocycles. The molecule has 2 aromatic carbocycles. The second-order valence-corrected chi connectivity index (χ2v) is 4.30. The van der Waals surface area contributed by atoms with Gasteiger partial charge in [0.05, 0.1) is 17.7 Å². The number of para-hydroxylation sites is 1. The van der Waals surface area contributed by atoms with Gasteiger partial charge in [0.2, 0.25) is 5.82 Å². The molecule has 0 atom stereocenters. The van der Waals surface area contributed by atoms with Crippen LogP contribution < -0.4 is 10.1 Å². The van der Waals surface area contributed by atoms with E-state index in [-0.39, 0.29) is 5.69 Å². The molecule has 0 heterocycles. The van der Waals surface area contributed by atoms with E-state index in [0.29, 0.717) is 16.5 Å². The first-order valence-electron chi connectivity index (χ1n) is 5.56. The molecule has 1 N–H and O–H groups in total. The number of ether oxygens (including phenoxy) is 1. The summed E-state index contributed by atoms with van der Waals surface area (Å²) in [5.74, 6) is -0.478. The average molecular weight is 297 g/mol. The Morgan fingerprint density at radius 1 is 1.30 bits per heavy atom. The number of nitrogens with zero attached hydrogens (tertiary/aromatic N) is 1. The number of benzene rings is 2. The summed E-state index contributed by atoms with van der Waals surface area (Å²) >= 11 is 5.87. The lowest BCUT2D eigenvalue weighted by Crippen LogP contribution is -2.00. The minimum Gasteiger partial charge on any atom is -0.495 e. The van der Waals surface area contributed by atoms with Crippen LogP contribution in [0.2, 0.25) is 5.02 Å². The summed E-state index contributed by atoms with van der Waals surface area (Å²) in [6.07, 6.45) is 0. The monoisotopic (exact) mass is 296 g/mol. The molecule has 7 heteroatoms. The van der Waals surface area contributed by atoms with E-state index >= 15 is 0 Å². The van der Waals surface area contributed by atoms with Gasteiger partial charge in [-0.25, -0.2) is 0 Å². The molecule has 2 rings (SSSR count). The largest absolute Gasteiger partial charge is 0.495 e. The van der Waals surface area contributed by atoms with Crippen molar-refractivity contribution in [2.75, 3.05) is 12.4 Å². The molecule has 0 amide bonds. The number of hydrogen-bond donors (Lipinski definition) is 1. The summed E-state index contributed by atoms with van der Waals surface area (Å²) in [6.45, 7) is 0. The van der Waals surface area contributed by atoms with Gasteiger partial charge in [0.25, 0.3) is 0 Å². The number of nitro groups is 1. The van der Waals surface area contributed by atoms with E-state index in [4.69, 9.17) is 16.3 Å². The maximum absolute atomic E-state index is 13.5. The van der Waals surface area contributed by atoms with Crippen LogP contribution in [0.4, 0.5) is 21.5 Å². The molecule has 5 nitrogen and oxygen atoms in total. The van der Waals surface area contributed by atoms with Crippen LogP contribution >= 0.6 is 11.6 Å². The van der Waals surface area contributed by atoms with Gasteiger partial charge in [0.15, 0.2) is 0 Å². The van der Waals surface area contributed by atoms with Gasteiger partial charge < -0.3 is 10.1 Å². The number of halogens is 2. The molecule has 0 bridgehead atoms. The molecule has 0 spiro atoms. The van der Waals surface area contributed by atoms with E-state index in [1.165, 1.54) is 25.3 Å².